The van der Waals surface area contributed by atoms with Gasteiger partial charge in [0, 0.05) is 43.2 Å². The van der Waals surface area contributed by atoms with Crippen LogP contribution in [0.2, 0.25) is 19.6 Å². The van der Waals surface area contributed by atoms with E-state index in [1.54, 1.807) is 12.4 Å². The molecule has 0 aliphatic heterocycles. The molecule has 0 bridgehead atoms. The summed E-state index contributed by atoms with van der Waals surface area (Å²) in [7, 11) is -1.35. The Hall–Kier alpha value is -6.05. The average molecular weight is 1060 g/mol. The molecule has 8 heteroatoms. The number of hydrogen-bond acceptors (Lipinski definition) is 3. The summed E-state index contributed by atoms with van der Waals surface area (Å²) in [5.74, 6) is 1.94. The summed E-state index contributed by atoms with van der Waals surface area (Å²) in [6.45, 7) is 20.7. The first-order chi connectivity index (χ1) is 31.3. The Labute approximate surface area is 403 Å². The van der Waals surface area contributed by atoms with Crippen LogP contribution in [-0.2, 0) is 26.5 Å². The first kappa shape index (κ1) is 46.5. The third-order valence-electron chi connectivity index (χ3n) is 12.4. The molecular formula is C58H56FIrN5Si-2. The summed E-state index contributed by atoms with van der Waals surface area (Å²) in [4.78, 5) is 13.9. The topological polar surface area (TPSA) is 48.5 Å². The fourth-order valence-electron chi connectivity index (χ4n) is 9.33. The van der Waals surface area contributed by atoms with Crippen LogP contribution in [0.5, 0.6) is 0 Å². The van der Waals surface area contributed by atoms with E-state index >= 15 is 0 Å². The summed E-state index contributed by atoms with van der Waals surface area (Å²) < 4.78 is 18.6. The van der Waals surface area contributed by atoms with Crippen molar-refractivity contribution in [2.45, 2.75) is 79.4 Å². The predicted molar refractivity (Wildman–Crippen MR) is 273 cm³/mol. The van der Waals surface area contributed by atoms with Gasteiger partial charge < -0.3 is 14.1 Å². The van der Waals surface area contributed by atoms with Crippen LogP contribution in [0, 0.1) is 23.9 Å². The minimum Gasteiger partial charge on any atom is -0.351 e. The molecule has 0 N–H and O–H groups in total. The Morgan fingerprint density at radius 2 is 1.38 bits per heavy atom. The van der Waals surface area contributed by atoms with E-state index in [1.165, 1.54) is 50.5 Å². The van der Waals surface area contributed by atoms with Crippen molar-refractivity contribution < 1.29 is 24.5 Å². The number of fused-ring (bicyclic) bond motifs is 6. The van der Waals surface area contributed by atoms with Crippen molar-refractivity contribution in [3.8, 4) is 34.0 Å². The Balaban J connectivity index is 0.000000238. The molecule has 335 valence electrons. The van der Waals surface area contributed by atoms with E-state index < -0.39 is 8.07 Å². The van der Waals surface area contributed by atoms with Gasteiger partial charge in [-0.15, -0.1) is 29.8 Å². The third kappa shape index (κ3) is 8.94. The molecule has 1 radical (unpaired) electrons. The first-order valence-electron chi connectivity index (χ1n) is 22.8. The second-order valence-electron chi connectivity index (χ2n) is 19.2. The molecule has 0 saturated heterocycles. The normalized spacial score (nSPS) is 11.8. The quantitative estimate of drug-likeness (QED) is 0.107. The second-order valence-corrected chi connectivity index (χ2v) is 24.3. The van der Waals surface area contributed by atoms with Crippen molar-refractivity contribution in [2.75, 3.05) is 0 Å². The second kappa shape index (κ2) is 19.0. The maximum atomic E-state index is 14.0. The Bertz CT molecular complexity index is 3300. The smallest absolute Gasteiger partial charge is 0.123 e. The van der Waals surface area contributed by atoms with Gasteiger partial charge in [-0.3, -0.25) is 9.97 Å². The molecule has 0 atom stereocenters. The number of halogens is 1. The van der Waals surface area contributed by atoms with Gasteiger partial charge in [-0.2, -0.15) is 11.6 Å². The number of pyridine rings is 2. The number of benzene rings is 6. The Morgan fingerprint density at radius 1 is 0.667 bits per heavy atom. The average Bonchev–Trinajstić information content (AvgIpc) is 3.85. The monoisotopic (exact) mass is 1060 g/mol. The number of hydrogen-bond donors (Lipinski definition) is 0. The van der Waals surface area contributed by atoms with E-state index in [2.05, 4.69) is 196 Å². The largest absolute Gasteiger partial charge is 0.351 e. The van der Waals surface area contributed by atoms with Crippen LogP contribution in [0.25, 0.3) is 77.6 Å². The molecule has 10 aromatic rings. The maximum absolute atomic E-state index is 14.0. The zero-order chi connectivity index (χ0) is 45.6. The summed E-state index contributed by atoms with van der Waals surface area (Å²) in [5.41, 5.74) is 13.2. The molecule has 0 saturated carbocycles. The van der Waals surface area contributed by atoms with Crippen molar-refractivity contribution in [1.29, 1.82) is 0 Å². The van der Waals surface area contributed by atoms with Gasteiger partial charge in [0.05, 0.1) is 24.9 Å². The maximum Gasteiger partial charge on any atom is 0.123 e. The molecule has 4 aromatic heterocycles. The molecule has 10 rings (SSSR count). The fourth-order valence-corrected chi connectivity index (χ4v) is 10.9. The number of imidazole rings is 1. The molecule has 0 spiro atoms. The molecule has 0 amide bonds. The zero-order valence-corrected chi connectivity index (χ0v) is 42.6. The van der Waals surface area contributed by atoms with Gasteiger partial charge in [-0.1, -0.05) is 139 Å². The van der Waals surface area contributed by atoms with Crippen LogP contribution >= 0.6 is 0 Å². The number of para-hydroxylation sites is 3. The summed E-state index contributed by atoms with van der Waals surface area (Å²) in [5, 5.41) is 6.11. The minimum atomic E-state index is -1.35. The van der Waals surface area contributed by atoms with Gasteiger partial charge in [-0.25, -0.2) is 4.39 Å². The van der Waals surface area contributed by atoms with Gasteiger partial charge in [-0.05, 0) is 123 Å². The molecule has 0 fully saturated rings. The summed E-state index contributed by atoms with van der Waals surface area (Å²) in [6.07, 6.45) is 6.70. The van der Waals surface area contributed by atoms with Crippen LogP contribution < -0.4 is 5.19 Å². The van der Waals surface area contributed by atoms with Gasteiger partial charge >= 0.3 is 0 Å². The van der Waals surface area contributed by atoms with E-state index in [0.717, 1.165) is 67.6 Å². The molecule has 6 aromatic carbocycles. The molecule has 5 nitrogen and oxygen atoms in total. The molecule has 0 aliphatic rings. The first-order valence-corrected chi connectivity index (χ1v) is 26.3. The zero-order valence-electron chi connectivity index (χ0n) is 39.2. The van der Waals surface area contributed by atoms with Crippen LogP contribution in [0.3, 0.4) is 0 Å². The molecule has 4 heterocycles. The molecule has 66 heavy (non-hydrogen) atoms. The van der Waals surface area contributed by atoms with Gasteiger partial charge in [0.25, 0.3) is 0 Å². The van der Waals surface area contributed by atoms with Crippen molar-refractivity contribution in [1.82, 2.24) is 24.1 Å². The number of rotatable bonds is 9. The van der Waals surface area contributed by atoms with Gasteiger partial charge in [0.15, 0.2) is 0 Å². The fraction of sp³-hybridized carbons (Fsp3) is 0.224. The van der Waals surface area contributed by atoms with E-state index in [0.29, 0.717) is 17.8 Å². The van der Waals surface area contributed by atoms with Crippen molar-refractivity contribution in [3.63, 3.8) is 0 Å². The number of aromatic nitrogens is 5. The standard InChI is InChI=1S/C41H33FN3.C17H23N2Si.Ir/c1-25(2)31-12-9-13-32(26(3)4)40(31)45-37-15-8-7-14-35(37)43-41(45)28-17-22-36-34(24-28)39-33-11-6-5-10-27(33)16-23-38(39)44(36)30-20-18-29(42)19-21-30;1-13(2)10-15-11-16(14-6-8-18-9-7-14)19-12-17(15)20(3,4)5;/h5-16,18-26H,1-4H3;6,8-9,11-13H,10H2,1-5H3;/q2*-1;. The van der Waals surface area contributed by atoms with Crippen LogP contribution in [0.4, 0.5) is 4.39 Å². The van der Waals surface area contributed by atoms with Crippen LogP contribution in [0.1, 0.15) is 70.1 Å². The minimum absolute atomic E-state index is 0. The van der Waals surface area contributed by atoms with E-state index in [-0.39, 0.29) is 25.9 Å². The van der Waals surface area contributed by atoms with E-state index in [1.807, 2.05) is 18.2 Å². The molecule has 0 unspecified atom stereocenters. The van der Waals surface area contributed by atoms with Crippen molar-refractivity contribution >= 4 is 56.9 Å². The Kier molecular flexibility index (Phi) is 13.4. The van der Waals surface area contributed by atoms with Gasteiger partial charge in [0.2, 0.25) is 0 Å². The predicted octanol–water partition coefficient (Wildman–Crippen LogP) is 14.8. The van der Waals surface area contributed by atoms with Crippen LogP contribution in [-0.4, -0.2) is 32.2 Å². The molecule has 0 aliphatic carbocycles. The van der Waals surface area contributed by atoms with Crippen molar-refractivity contribution in [3.05, 3.63) is 181 Å². The molecular weight excluding hydrogens is 1010 g/mol. The third-order valence-corrected chi connectivity index (χ3v) is 14.4. The summed E-state index contributed by atoms with van der Waals surface area (Å²) >= 11 is 0. The van der Waals surface area contributed by atoms with Crippen molar-refractivity contribution in [2.24, 2.45) is 5.92 Å². The van der Waals surface area contributed by atoms with Gasteiger partial charge in [0.1, 0.15) is 5.82 Å². The van der Waals surface area contributed by atoms with E-state index in [9.17, 15) is 4.39 Å². The van der Waals surface area contributed by atoms with Crippen LogP contribution in [0.15, 0.2) is 146 Å². The van der Waals surface area contributed by atoms with E-state index in [4.69, 9.17) is 4.98 Å². The Morgan fingerprint density at radius 3 is 2.06 bits per heavy atom. The SMILES string of the molecule is CC(C)Cc1cc(-c2[c-]cncc2)ncc1[Si](C)(C)C.CC(C)c1cccc(C(C)C)c1-n1c(-c2[c-]cc3c(c2)c2c4ccccc4ccc2n3-c2ccc(F)cc2)nc2ccccc21.[Ir]. The summed E-state index contributed by atoms with van der Waals surface area (Å²) in [6, 6.07) is 50.0. The number of nitrogens with zero attached hydrogens (tertiary/aromatic N) is 5.